The fourth-order valence-corrected chi connectivity index (χ4v) is 2.85. The Balaban J connectivity index is 1.96. The van der Waals surface area contributed by atoms with E-state index in [9.17, 15) is 5.11 Å². The highest BCUT2D eigenvalue weighted by molar-refractivity contribution is 5.06. The van der Waals surface area contributed by atoms with Crippen molar-refractivity contribution in [2.75, 3.05) is 26.2 Å². The molecule has 2 aliphatic rings. The summed E-state index contributed by atoms with van der Waals surface area (Å²) in [6.07, 6.45) is 6.39. The van der Waals surface area contributed by atoms with E-state index in [2.05, 4.69) is 24.1 Å². The van der Waals surface area contributed by atoms with Crippen LogP contribution in [0.5, 0.6) is 0 Å². The van der Waals surface area contributed by atoms with Crippen LogP contribution in [0.25, 0.3) is 0 Å². The lowest BCUT2D eigenvalue weighted by Gasteiger charge is -2.38. The first-order valence-electron chi connectivity index (χ1n) is 7.35. The molecule has 0 radical (unpaired) electrons. The van der Waals surface area contributed by atoms with Gasteiger partial charge in [-0.15, -0.1) is 0 Å². The van der Waals surface area contributed by atoms with Crippen LogP contribution in [0.3, 0.4) is 0 Å². The van der Waals surface area contributed by atoms with Crippen LogP contribution in [0.15, 0.2) is 0 Å². The number of aliphatic hydroxyl groups excluding tert-OH is 1. The highest BCUT2D eigenvalue weighted by Gasteiger charge is 2.47. The van der Waals surface area contributed by atoms with Crippen molar-refractivity contribution >= 4 is 0 Å². The van der Waals surface area contributed by atoms with Crippen LogP contribution in [0.4, 0.5) is 0 Å². The maximum atomic E-state index is 9.89. The van der Waals surface area contributed by atoms with Gasteiger partial charge in [0.1, 0.15) is 0 Å². The minimum atomic E-state index is -0.00759. The zero-order valence-corrected chi connectivity index (χ0v) is 11.4. The summed E-state index contributed by atoms with van der Waals surface area (Å²) in [4.78, 5) is 2.49. The summed E-state index contributed by atoms with van der Waals surface area (Å²) in [6.45, 7) is 8.02. The predicted molar refractivity (Wildman–Crippen MR) is 71.1 cm³/mol. The van der Waals surface area contributed by atoms with Gasteiger partial charge in [0.2, 0.25) is 0 Å². The Labute approximate surface area is 106 Å². The van der Waals surface area contributed by atoms with Crippen LogP contribution in [0, 0.1) is 5.92 Å². The lowest BCUT2D eigenvalue weighted by Crippen LogP contribution is -2.58. The van der Waals surface area contributed by atoms with Crippen molar-refractivity contribution in [3.63, 3.8) is 0 Å². The third-order valence-corrected chi connectivity index (χ3v) is 4.20. The Hall–Kier alpha value is -0.120. The van der Waals surface area contributed by atoms with Crippen molar-refractivity contribution in [2.24, 2.45) is 5.92 Å². The molecule has 0 amide bonds. The first-order chi connectivity index (χ1) is 8.24. The van der Waals surface area contributed by atoms with Gasteiger partial charge in [0, 0.05) is 12.6 Å². The summed E-state index contributed by atoms with van der Waals surface area (Å²) in [5.41, 5.74) is -0.00759. The summed E-state index contributed by atoms with van der Waals surface area (Å²) < 4.78 is 0. The van der Waals surface area contributed by atoms with E-state index in [1.165, 1.54) is 32.1 Å². The first-order valence-corrected chi connectivity index (χ1v) is 7.35. The molecule has 3 heteroatoms. The Morgan fingerprint density at radius 3 is 2.35 bits per heavy atom. The number of hydrogen-bond donors (Lipinski definition) is 2. The van der Waals surface area contributed by atoms with E-state index in [-0.39, 0.29) is 5.54 Å². The monoisotopic (exact) mass is 240 g/mol. The first kappa shape index (κ1) is 13.3. The van der Waals surface area contributed by atoms with Crippen LogP contribution >= 0.6 is 0 Å². The molecule has 0 bridgehead atoms. The van der Waals surface area contributed by atoms with Crippen molar-refractivity contribution in [3.05, 3.63) is 0 Å². The molecule has 0 aromatic rings. The quantitative estimate of drug-likeness (QED) is 0.643. The van der Waals surface area contributed by atoms with Gasteiger partial charge in [-0.2, -0.15) is 0 Å². The Bertz CT molecular complexity index is 238. The van der Waals surface area contributed by atoms with Crippen molar-refractivity contribution in [1.82, 2.24) is 10.2 Å². The largest absolute Gasteiger partial charge is 0.394 e. The van der Waals surface area contributed by atoms with E-state index in [1.54, 1.807) is 0 Å². The zero-order valence-electron chi connectivity index (χ0n) is 11.4. The van der Waals surface area contributed by atoms with Crippen molar-refractivity contribution in [2.45, 2.75) is 57.5 Å². The highest BCUT2D eigenvalue weighted by Crippen LogP contribution is 2.41. The van der Waals surface area contributed by atoms with Gasteiger partial charge in [-0.25, -0.2) is 0 Å². The molecular formula is C14H28N2O. The second-order valence-electron chi connectivity index (χ2n) is 5.88. The molecule has 1 atom stereocenters. The molecule has 17 heavy (non-hydrogen) atoms. The Morgan fingerprint density at radius 2 is 1.94 bits per heavy atom. The van der Waals surface area contributed by atoms with E-state index < -0.39 is 0 Å². The molecule has 0 aromatic carbocycles. The van der Waals surface area contributed by atoms with E-state index >= 15 is 0 Å². The summed E-state index contributed by atoms with van der Waals surface area (Å²) in [5, 5.41) is 13.6. The van der Waals surface area contributed by atoms with Crippen molar-refractivity contribution in [1.29, 1.82) is 0 Å². The molecule has 2 saturated carbocycles. The summed E-state index contributed by atoms with van der Waals surface area (Å²) in [5.74, 6) is 0.707. The second kappa shape index (κ2) is 5.68. The van der Waals surface area contributed by atoms with Crippen LogP contribution in [0.2, 0.25) is 0 Å². The van der Waals surface area contributed by atoms with Crippen LogP contribution in [0.1, 0.15) is 46.0 Å². The number of rotatable bonds is 9. The topological polar surface area (TPSA) is 35.5 Å². The Morgan fingerprint density at radius 1 is 1.24 bits per heavy atom. The van der Waals surface area contributed by atoms with Crippen LogP contribution in [-0.2, 0) is 0 Å². The van der Waals surface area contributed by atoms with Gasteiger partial charge in [-0.3, -0.25) is 0 Å². The van der Waals surface area contributed by atoms with Gasteiger partial charge in [0.25, 0.3) is 0 Å². The minimum Gasteiger partial charge on any atom is -0.394 e. The molecule has 2 fully saturated rings. The number of nitrogens with zero attached hydrogens (tertiary/aromatic N) is 1. The summed E-state index contributed by atoms with van der Waals surface area (Å²) >= 11 is 0. The van der Waals surface area contributed by atoms with Gasteiger partial charge in [0.05, 0.1) is 12.1 Å². The van der Waals surface area contributed by atoms with E-state index in [4.69, 9.17) is 0 Å². The lowest BCUT2D eigenvalue weighted by molar-refractivity contribution is 0.0907. The fourth-order valence-electron chi connectivity index (χ4n) is 2.85. The van der Waals surface area contributed by atoms with Crippen LogP contribution < -0.4 is 5.32 Å². The third kappa shape index (κ3) is 3.43. The van der Waals surface area contributed by atoms with E-state index in [1.807, 2.05) is 0 Å². The molecule has 3 nitrogen and oxygen atoms in total. The molecule has 2 aliphatic carbocycles. The molecule has 0 saturated heterocycles. The standard InChI is InChI=1S/C14H28N2O/c1-3-9-16(4-2)10-14(11-17,12-5-6-12)15-13-7-8-13/h12-13,15,17H,3-11H2,1-2H3. The molecular weight excluding hydrogens is 212 g/mol. The molecule has 2 N–H and O–H groups in total. The van der Waals surface area contributed by atoms with E-state index in [0.29, 0.717) is 18.6 Å². The molecule has 0 aromatic heterocycles. The number of aliphatic hydroxyl groups is 1. The molecule has 2 rings (SSSR count). The number of hydrogen-bond acceptors (Lipinski definition) is 3. The molecule has 0 spiro atoms. The zero-order chi connectivity index (χ0) is 12.3. The molecule has 1 unspecified atom stereocenters. The van der Waals surface area contributed by atoms with Gasteiger partial charge in [-0.05, 0) is 51.1 Å². The normalized spacial score (nSPS) is 24.0. The SMILES string of the molecule is CCCN(CC)CC(CO)(NC1CC1)C1CC1. The van der Waals surface area contributed by atoms with E-state index in [0.717, 1.165) is 19.6 Å². The molecule has 0 aliphatic heterocycles. The Kier molecular flexibility index (Phi) is 4.45. The average Bonchev–Trinajstić information content (AvgIpc) is 3.17. The second-order valence-corrected chi connectivity index (χ2v) is 5.88. The van der Waals surface area contributed by atoms with Crippen molar-refractivity contribution < 1.29 is 5.11 Å². The summed E-state index contributed by atoms with van der Waals surface area (Å²) in [6, 6.07) is 0.683. The highest BCUT2D eigenvalue weighted by atomic mass is 16.3. The minimum absolute atomic E-state index is 0.00759. The van der Waals surface area contributed by atoms with Gasteiger partial charge in [-0.1, -0.05) is 13.8 Å². The van der Waals surface area contributed by atoms with Gasteiger partial charge >= 0.3 is 0 Å². The predicted octanol–water partition coefficient (Wildman–Crippen LogP) is 1.61. The molecule has 0 heterocycles. The maximum Gasteiger partial charge on any atom is 0.0628 e. The fraction of sp³-hybridized carbons (Fsp3) is 1.00. The maximum absolute atomic E-state index is 9.89. The van der Waals surface area contributed by atoms with Gasteiger partial charge in [0.15, 0.2) is 0 Å². The molecule has 100 valence electrons. The summed E-state index contributed by atoms with van der Waals surface area (Å²) in [7, 11) is 0. The number of nitrogens with one attached hydrogen (secondary N) is 1. The lowest BCUT2D eigenvalue weighted by atomic mass is 9.92. The third-order valence-electron chi connectivity index (χ3n) is 4.20. The number of likely N-dealkylation sites (N-methyl/N-ethyl adjacent to an activating group) is 1. The average molecular weight is 240 g/mol. The smallest absolute Gasteiger partial charge is 0.0628 e. The van der Waals surface area contributed by atoms with Gasteiger partial charge < -0.3 is 15.3 Å². The van der Waals surface area contributed by atoms with Crippen molar-refractivity contribution in [3.8, 4) is 0 Å². The van der Waals surface area contributed by atoms with Crippen LogP contribution in [-0.4, -0.2) is 47.8 Å².